The second-order valence-electron chi connectivity index (χ2n) is 6.03. The number of rotatable bonds is 5. The van der Waals surface area contributed by atoms with Crippen LogP contribution in [0, 0.1) is 12.7 Å². The summed E-state index contributed by atoms with van der Waals surface area (Å²) in [5.74, 6) is -0.959. The largest absolute Gasteiger partial charge is 0.508 e. The molecule has 3 rings (SSSR count). The van der Waals surface area contributed by atoms with E-state index in [1.807, 2.05) is 0 Å². The van der Waals surface area contributed by atoms with Gasteiger partial charge in [-0.2, -0.15) is 5.10 Å². The van der Waals surface area contributed by atoms with Gasteiger partial charge in [-0.25, -0.2) is 9.07 Å². The van der Waals surface area contributed by atoms with Crippen LogP contribution in [0.25, 0.3) is 5.69 Å². The summed E-state index contributed by atoms with van der Waals surface area (Å²) in [6.45, 7) is 1.91. The van der Waals surface area contributed by atoms with Crippen molar-refractivity contribution in [3.8, 4) is 11.4 Å². The molecule has 1 amide bonds. The van der Waals surface area contributed by atoms with Crippen LogP contribution in [0.1, 0.15) is 21.7 Å². The van der Waals surface area contributed by atoms with Crippen LogP contribution in [-0.4, -0.2) is 27.3 Å². The normalized spacial score (nSPS) is 10.6. The zero-order valence-electron chi connectivity index (χ0n) is 14.6. The Balaban J connectivity index is 1.78. The molecule has 0 aliphatic heterocycles. The van der Waals surface area contributed by atoms with Gasteiger partial charge in [-0.1, -0.05) is 24.3 Å². The molecule has 1 aromatic heterocycles. The summed E-state index contributed by atoms with van der Waals surface area (Å²) < 4.78 is 15.3. The average molecular weight is 367 g/mol. The molecule has 27 heavy (non-hydrogen) atoms. The SMILES string of the molecule is Cc1cc(=O)c(C(=O)NCCc2ccc(O)cc2)nn1-c1ccccc1F. The molecule has 2 aromatic carbocycles. The van der Waals surface area contributed by atoms with E-state index >= 15 is 0 Å². The Kier molecular flexibility index (Phi) is 5.30. The van der Waals surface area contributed by atoms with Gasteiger partial charge in [0.2, 0.25) is 5.43 Å². The van der Waals surface area contributed by atoms with Gasteiger partial charge in [0.1, 0.15) is 17.3 Å². The molecule has 138 valence electrons. The van der Waals surface area contributed by atoms with E-state index in [0.717, 1.165) is 5.56 Å². The Hall–Kier alpha value is -3.48. The number of aromatic nitrogens is 2. The second-order valence-corrected chi connectivity index (χ2v) is 6.03. The van der Waals surface area contributed by atoms with E-state index in [0.29, 0.717) is 12.1 Å². The molecule has 7 heteroatoms. The van der Waals surface area contributed by atoms with Crippen molar-refractivity contribution in [2.75, 3.05) is 6.54 Å². The van der Waals surface area contributed by atoms with Crippen molar-refractivity contribution in [1.29, 1.82) is 0 Å². The Morgan fingerprint density at radius 3 is 2.59 bits per heavy atom. The first-order chi connectivity index (χ1) is 13.0. The first kappa shape index (κ1) is 18.3. The summed E-state index contributed by atoms with van der Waals surface area (Å²) >= 11 is 0. The number of hydrogen-bond donors (Lipinski definition) is 2. The molecule has 1 heterocycles. The van der Waals surface area contributed by atoms with Gasteiger partial charge in [0.15, 0.2) is 5.69 Å². The van der Waals surface area contributed by atoms with Crippen LogP contribution in [-0.2, 0) is 6.42 Å². The number of para-hydroxylation sites is 1. The summed E-state index contributed by atoms with van der Waals surface area (Å²) in [5.41, 5.74) is 0.685. The smallest absolute Gasteiger partial charge is 0.275 e. The fourth-order valence-electron chi connectivity index (χ4n) is 2.64. The molecular weight excluding hydrogens is 349 g/mol. The number of aryl methyl sites for hydroxylation is 1. The summed E-state index contributed by atoms with van der Waals surface area (Å²) in [4.78, 5) is 24.5. The number of nitrogens with zero attached hydrogens (tertiary/aromatic N) is 2. The molecule has 0 fully saturated rings. The fraction of sp³-hybridized carbons (Fsp3) is 0.150. The monoisotopic (exact) mass is 367 g/mol. The molecule has 0 unspecified atom stereocenters. The Morgan fingerprint density at radius 2 is 1.89 bits per heavy atom. The Morgan fingerprint density at radius 1 is 1.19 bits per heavy atom. The molecule has 0 saturated heterocycles. The minimum Gasteiger partial charge on any atom is -0.508 e. The van der Waals surface area contributed by atoms with Gasteiger partial charge in [0.05, 0.1) is 0 Å². The highest BCUT2D eigenvalue weighted by Crippen LogP contribution is 2.13. The molecule has 0 aliphatic carbocycles. The highest BCUT2D eigenvalue weighted by atomic mass is 19.1. The summed E-state index contributed by atoms with van der Waals surface area (Å²) in [6.07, 6.45) is 0.527. The van der Waals surface area contributed by atoms with Crippen LogP contribution in [0.15, 0.2) is 59.4 Å². The van der Waals surface area contributed by atoms with Gasteiger partial charge >= 0.3 is 0 Å². The Labute approximate surface area is 154 Å². The maximum Gasteiger partial charge on any atom is 0.275 e. The van der Waals surface area contributed by atoms with Crippen LogP contribution < -0.4 is 10.7 Å². The lowest BCUT2D eigenvalue weighted by Gasteiger charge is -2.12. The van der Waals surface area contributed by atoms with Crippen LogP contribution >= 0.6 is 0 Å². The summed E-state index contributed by atoms with van der Waals surface area (Å²) in [5, 5.41) is 16.0. The number of phenols is 1. The predicted octanol–water partition coefficient (Wildman–Crippen LogP) is 2.36. The van der Waals surface area contributed by atoms with Crippen molar-refractivity contribution >= 4 is 5.91 Å². The number of amides is 1. The van der Waals surface area contributed by atoms with Crippen molar-refractivity contribution in [1.82, 2.24) is 15.1 Å². The van der Waals surface area contributed by atoms with Crippen LogP contribution in [0.5, 0.6) is 5.75 Å². The topological polar surface area (TPSA) is 84.2 Å². The number of carbonyl (C=O) groups excluding carboxylic acids is 1. The lowest BCUT2D eigenvalue weighted by molar-refractivity contribution is 0.0946. The van der Waals surface area contributed by atoms with Crippen molar-refractivity contribution in [2.24, 2.45) is 0 Å². The van der Waals surface area contributed by atoms with E-state index in [1.54, 1.807) is 43.3 Å². The molecule has 0 saturated carbocycles. The molecule has 0 bridgehead atoms. The second kappa shape index (κ2) is 7.82. The van der Waals surface area contributed by atoms with Crippen LogP contribution in [0.4, 0.5) is 4.39 Å². The van der Waals surface area contributed by atoms with E-state index in [-0.39, 0.29) is 23.7 Å². The molecule has 0 radical (unpaired) electrons. The first-order valence-corrected chi connectivity index (χ1v) is 8.37. The van der Waals surface area contributed by atoms with Gasteiger partial charge in [0.25, 0.3) is 5.91 Å². The fourth-order valence-corrected chi connectivity index (χ4v) is 2.64. The number of carbonyl (C=O) groups is 1. The number of nitrogens with one attached hydrogen (secondary N) is 1. The first-order valence-electron chi connectivity index (χ1n) is 8.37. The number of hydrogen-bond acceptors (Lipinski definition) is 4. The van der Waals surface area contributed by atoms with E-state index in [4.69, 9.17) is 0 Å². The predicted molar refractivity (Wildman–Crippen MR) is 98.7 cm³/mol. The van der Waals surface area contributed by atoms with Gasteiger partial charge in [-0.05, 0) is 43.2 Å². The van der Waals surface area contributed by atoms with Gasteiger partial charge in [-0.15, -0.1) is 0 Å². The third kappa shape index (κ3) is 4.20. The molecular formula is C20H18FN3O3. The lowest BCUT2D eigenvalue weighted by Crippen LogP contribution is -2.33. The highest BCUT2D eigenvalue weighted by Gasteiger charge is 2.16. The third-order valence-corrected chi connectivity index (χ3v) is 4.04. The number of phenolic OH excluding ortho intramolecular Hbond substituents is 1. The van der Waals surface area contributed by atoms with Gasteiger partial charge in [-0.3, -0.25) is 9.59 Å². The molecule has 0 atom stereocenters. The number of aromatic hydroxyl groups is 1. The standard InChI is InChI=1S/C20H18FN3O3/c1-13-12-18(26)19(23-24(13)17-5-3-2-4-16(17)21)20(27)22-11-10-14-6-8-15(25)9-7-14/h2-9,12,25H,10-11H2,1H3,(H,22,27). The minimum atomic E-state index is -0.621. The van der Waals surface area contributed by atoms with Crippen molar-refractivity contribution in [2.45, 2.75) is 13.3 Å². The minimum absolute atomic E-state index is 0.160. The molecule has 6 nitrogen and oxygen atoms in total. The Bertz CT molecular complexity index is 1030. The molecule has 0 aliphatic rings. The molecule has 3 aromatic rings. The van der Waals surface area contributed by atoms with Gasteiger partial charge in [0, 0.05) is 18.3 Å². The van der Waals surface area contributed by atoms with Crippen molar-refractivity contribution in [3.63, 3.8) is 0 Å². The van der Waals surface area contributed by atoms with Crippen molar-refractivity contribution < 1.29 is 14.3 Å². The lowest BCUT2D eigenvalue weighted by atomic mass is 10.1. The van der Waals surface area contributed by atoms with Crippen molar-refractivity contribution in [3.05, 3.63) is 87.6 Å². The van der Waals surface area contributed by atoms with E-state index in [1.165, 1.54) is 22.9 Å². The maximum absolute atomic E-state index is 14.1. The van der Waals surface area contributed by atoms with E-state index < -0.39 is 17.2 Å². The number of halogens is 1. The maximum atomic E-state index is 14.1. The van der Waals surface area contributed by atoms with Crippen LogP contribution in [0.3, 0.4) is 0 Å². The third-order valence-electron chi connectivity index (χ3n) is 4.04. The van der Waals surface area contributed by atoms with Gasteiger partial charge < -0.3 is 10.4 Å². The van der Waals surface area contributed by atoms with E-state index in [9.17, 15) is 19.1 Å². The zero-order valence-corrected chi connectivity index (χ0v) is 14.6. The number of benzene rings is 2. The molecule has 2 N–H and O–H groups in total. The van der Waals surface area contributed by atoms with Crippen LogP contribution in [0.2, 0.25) is 0 Å². The molecule has 0 spiro atoms. The average Bonchev–Trinajstić information content (AvgIpc) is 2.64. The summed E-state index contributed by atoms with van der Waals surface area (Å²) in [6, 6.07) is 13.9. The zero-order chi connectivity index (χ0) is 19.4. The van der Waals surface area contributed by atoms with E-state index in [2.05, 4.69) is 10.4 Å². The quantitative estimate of drug-likeness (QED) is 0.725. The summed E-state index contributed by atoms with van der Waals surface area (Å²) in [7, 11) is 0. The highest BCUT2D eigenvalue weighted by molar-refractivity contribution is 5.92.